The van der Waals surface area contributed by atoms with Gasteiger partial charge in [0.2, 0.25) is 5.88 Å². The number of nitrogens with one attached hydrogen (secondary N) is 1. The Morgan fingerprint density at radius 2 is 1.76 bits per heavy atom. The fraction of sp³-hybridized carbons (Fsp3) is 0.258. The number of aryl methyl sites for hydroxylation is 3. The number of carbonyl (C=O) groups excluding carboxylic acids is 1. The molecule has 2 heterocycles. The number of ether oxygens (including phenoxy) is 2. The van der Waals surface area contributed by atoms with Gasteiger partial charge in [-0.25, -0.2) is 19.1 Å². The van der Waals surface area contributed by atoms with Gasteiger partial charge < -0.3 is 14.6 Å². The number of aliphatic hydroxyl groups excluding tert-OH is 1. The Hall–Kier alpha value is -4.35. The molecular weight excluding hydrogens is 561 g/mol. The van der Waals surface area contributed by atoms with Crippen molar-refractivity contribution >= 4 is 15.9 Å². The summed E-state index contributed by atoms with van der Waals surface area (Å²) in [5.74, 6) is -1.20. The molecule has 1 atom stereocenters. The molecule has 4 aromatic rings. The number of hydrogen-bond acceptors (Lipinski definition) is 8. The standard InChI is InChI=1S/C31H32FN3O6S.2H2/c1-5-24-10-7-11-28(33-24)42(38,39)35-30(37)26-12-13-27(34-31(26)41-29-20(3)8-6-9-21(29)4)22-14-23(32)16-25(15-22)40-18-19(2)17-36;;/h6-16,19,36H,5,17-18H2,1-4H3,(H,35,37);2*1H. The van der Waals surface area contributed by atoms with Crippen molar-refractivity contribution in [3.05, 3.63) is 94.9 Å². The molecule has 0 radical (unpaired) electrons. The van der Waals surface area contributed by atoms with Crippen molar-refractivity contribution in [3.8, 4) is 28.6 Å². The zero-order chi connectivity index (χ0) is 30.4. The van der Waals surface area contributed by atoms with E-state index in [-0.39, 0.29) is 49.9 Å². The molecule has 2 N–H and O–H groups in total. The van der Waals surface area contributed by atoms with Gasteiger partial charge in [0.25, 0.3) is 15.9 Å². The summed E-state index contributed by atoms with van der Waals surface area (Å²) in [6, 6.07) is 16.9. The lowest BCUT2D eigenvalue weighted by atomic mass is 10.1. The van der Waals surface area contributed by atoms with Crippen LogP contribution in [0.4, 0.5) is 4.39 Å². The first-order valence-corrected chi connectivity index (χ1v) is 14.8. The van der Waals surface area contributed by atoms with Crippen LogP contribution in [0.3, 0.4) is 0 Å². The van der Waals surface area contributed by atoms with Crippen molar-refractivity contribution < 1.29 is 35.0 Å². The maximum Gasteiger partial charge on any atom is 0.281 e. The smallest absolute Gasteiger partial charge is 0.281 e. The molecule has 0 bridgehead atoms. The topological polar surface area (TPSA) is 128 Å². The highest BCUT2D eigenvalue weighted by molar-refractivity contribution is 7.90. The molecular formula is C31H36FN3O6S. The highest BCUT2D eigenvalue weighted by Gasteiger charge is 2.25. The van der Waals surface area contributed by atoms with Gasteiger partial charge in [-0.15, -0.1) is 0 Å². The number of pyridine rings is 2. The lowest BCUT2D eigenvalue weighted by Crippen LogP contribution is -2.31. The average molecular weight is 598 g/mol. The maximum absolute atomic E-state index is 14.6. The fourth-order valence-electron chi connectivity index (χ4n) is 4.03. The first-order chi connectivity index (χ1) is 20.0. The van der Waals surface area contributed by atoms with Crippen LogP contribution < -0.4 is 14.2 Å². The number of sulfonamides is 1. The Kier molecular flexibility index (Phi) is 9.54. The van der Waals surface area contributed by atoms with Gasteiger partial charge in [0, 0.05) is 32.7 Å². The Morgan fingerprint density at radius 1 is 1.05 bits per heavy atom. The summed E-state index contributed by atoms with van der Waals surface area (Å²) in [5.41, 5.74) is 2.53. The van der Waals surface area contributed by atoms with Gasteiger partial charge in [0.05, 0.1) is 12.3 Å². The summed E-state index contributed by atoms with van der Waals surface area (Å²) in [6.45, 7) is 7.38. The molecule has 42 heavy (non-hydrogen) atoms. The molecule has 2 aromatic heterocycles. The van der Waals surface area contributed by atoms with Crippen LogP contribution in [0.5, 0.6) is 17.4 Å². The van der Waals surface area contributed by atoms with Crippen molar-refractivity contribution in [2.45, 2.75) is 39.1 Å². The molecule has 0 fully saturated rings. The molecule has 0 saturated carbocycles. The quantitative estimate of drug-likeness (QED) is 0.220. The summed E-state index contributed by atoms with van der Waals surface area (Å²) in [6.07, 6.45) is 0.518. The third-order valence-electron chi connectivity index (χ3n) is 6.37. The number of amides is 1. The van der Waals surface area contributed by atoms with Crippen LogP contribution in [-0.2, 0) is 16.4 Å². The van der Waals surface area contributed by atoms with E-state index in [9.17, 15) is 22.7 Å². The maximum atomic E-state index is 14.6. The summed E-state index contributed by atoms with van der Waals surface area (Å²) in [4.78, 5) is 22.0. The number of hydrogen-bond donors (Lipinski definition) is 2. The van der Waals surface area contributed by atoms with Crippen LogP contribution in [0.1, 0.15) is 43.9 Å². The highest BCUT2D eigenvalue weighted by atomic mass is 32.2. The minimum atomic E-state index is -4.31. The number of benzene rings is 2. The van der Waals surface area contributed by atoms with Gasteiger partial charge in [-0.05, 0) is 67.8 Å². The lowest BCUT2D eigenvalue weighted by molar-refractivity contribution is 0.0978. The predicted molar refractivity (Wildman–Crippen MR) is 160 cm³/mol. The second-order valence-electron chi connectivity index (χ2n) is 9.90. The van der Waals surface area contributed by atoms with Gasteiger partial charge >= 0.3 is 0 Å². The number of aliphatic hydroxyl groups is 1. The molecule has 0 aliphatic heterocycles. The van der Waals surface area contributed by atoms with Gasteiger partial charge in [0.1, 0.15) is 22.9 Å². The van der Waals surface area contributed by atoms with E-state index in [1.807, 2.05) is 39.0 Å². The first-order valence-electron chi connectivity index (χ1n) is 13.3. The largest absolute Gasteiger partial charge is 0.493 e. The van der Waals surface area contributed by atoms with Crippen molar-refractivity contribution in [2.75, 3.05) is 13.2 Å². The minimum absolute atomic E-state index is 0. The average Bonchev–Trinajstić information content (AvgIpc) is 2.97. The van der Waals surface area contributed by atoms with Gasteiger partial charge in [-0.1, -0.05) is 38.1 Å². The van der Waals surface area contributed by atoms with Crippen LogP contribution in [0.25, 0.3) is 11.3 Å². The predicted octanol–water partition coefficient (Wildman–Crippen LogP) is 5.87. The van der Waals surface area contributed by atoms with Crippen LogP contribution in [0.2, 0.25) is 0 Å². The zero-order valence-electron chi connectivity index (χ0n) is 23.7. The summed E-state index contributed by atoms with van der Waals surface area (Å²) in [7, 11) is -4.31. The highest BCUT2D eigenvalue weighted by Crippen LogP contribution is 2.33. The van der Waals surface area contributed by atoms with Crippen molar-refractivity contribution in [2.24, 2.45) is 5.92 Å². The lowest BCUT2D eigenvalue weighted by Gasteiger charge is -2.16. The molecule has 2 aromatic carbocycles. The molecule has 4 rings (SSSR count). The molecule has 0 saturated heterocycles. The van der Waals surface area contributed by atoms with Crippen molar-refractivity contribution in [1.29, 1.82) is 0 Å². The number of carbonyl (C=O) groups is 1. The number of nitrogens with zero attached hydrogens (tertiary/aromatic N) is 2. The molecule has 1 amide bonds. The SMILES string of the molecule is CCc1cccc(S(=O)(=O)NC(=O)c2ccc(-c3cc(F)cc(OCC(C)CO)c3)nc2Oc2c(C)cccc2C)n1.[HH].[HH]. The third-order valence-corrected chi connectivity index (χ3v) is 7.60. The van der Waals surface area contributed by atoms with E-state index in [0.29, 0.717) is 23.4 Å². The van der Waals surface area contributed by atoms with E-state index in [1.54, 1.807) is 25.1 Å². The second kappa shape index (κ2) is 13.1. The Morgan fingerprint density at radius 3 is 2.45 bits per heavy atom. The van der Waals surface area contributed by atoms with E-state index in [0.717, 1.165) is 11.1 Å². The summed E-state index contributed by atoms with van der Waals surface area (Å²) < 4.78 is 54.4. The van der Waals surface area contributed by atoms with Crippen LogP contribution in [0.15, 0.2) is 71.8 Å². The molecule has 0 aliphatic carbocycles. The van der Waals surface area contributed by atoms with Crippen LogP contribution in [0, 0.1) is 25.6 Å². The van der Waals surface area contributed by atoms with E-state index in [1.165, 1.54) is 30.3 Å². The van der Waals surface area contributed by atoms with Crippen LogP contribution in [-0.4, -0.2) is 42.6 Å². The Labute approximate surface area is 247 Å². The first kappa shape index (κ1) is 30.6. The number of rotatable bonds is 11. The normalized spacial score (nSPS) is 12.0. The van der Waals surface area contributed by atoms with E-state index < -0.39 is 21.7 Å². The number of para-hydroxylation sites is 1. The summed E-state index contributed by atoms with van der Waals surface area (Å²) >= 11 is 0. The van der Waals surface area contributed by atoms with E-state index in [4.69, 9.17) is 9.47 Å². The molecule has 224 valence electrons. The second-order valence-corrected chi connectivity index (χ2v) is 11.5. The van der Waals surface area contributed by atoms with Crippen LogP contribution >= 0.6 is 0 Å². The zero-order valence-corrected chi connectivity index (χ0v) is 24.5. The van der Waals surface area contributed by atoms with Crippen molar-refractivity contribution in [3.63, 3.8) is 0 Å². The number of aromatic nitrogens is 2. The fourth-order valence-corrected chi connectivity index (χ4v) is 4.98. The Balaban J connectivity index is 0.00000337. The monoisotopic (exact) mass is 597 g/mol. The number of halogens is 1. The molecule has 1 unspecified atom stereocenters. The molecule has 11 heteroatoms. The third kappa shape index (κ3) is 7.29. The van der Waals surface area contributed by atoms with E-state index >= 15 is 0 Å². The molecule has 9 nitrogen and oxygen atoms in total. The van der Waals surface area contributed by atoms with Gasteiger partial charge in [-0.2, -0.15) is 8.42 Å². The van der Waals surface area contributed by atoms with E-state index in [2.05, 4.69) is 14.7 Å². The summed E-state index contributed by atoms with van der Waals surface area (Å²) in [5, 5.41) is 8.98. The van der Waals surface area contributed by atoms with Crippen molar-refractivity contribution in [1.82, 2.24) is 14.7 Å². The Bertz CT molecular complexity index is 1700. The molecule has 0 aliphatic rings. The molecule has 0 spiro atoms. The van der Waals surface area contributed by atoms with Gasteiger partial charge in [-0.3, -0.25) is 4.79 Å². The van der Waals surface area contributed by atoms with Gasteiger partial charge in [0.15, 0.2) is 5.03 Å². The minimum Gasteiger partial charge on any atom is -0.493 e.